The van der Waals surface area contributed by atoms with E-state index in [1.54, 1.807) is 16.6 Å². The van der Waals surface area contributed by atoms with Gasteiger partial charge in [0.05, 0.1) is 0 Å². The Bertz CT molecular complexity index is 672. The van der Waals surface area contributed by atoms with E-state index in [1.807, 2.05) is 19.1 Å². The SMILES string of the molecule is Cc1nn2c(COc3ccc(N)cc3)nnc2s1. The lowest BCUT2D eigenvalue weighted by atomic mass is 10.3. The molecule has 3 aromatic rings. The van der Waals surface area contributed by atoms with Gasteiger partial charge in [0.2, 0.25) is 4.96 Å². The van der Waals surface area contributed by atoms with Crippen LogP contribution in [0.5, 0.6) is 5.75 Å². The predicted octanol–water partition coefficient (Wildman–Crippen LogP) is 1.66. The van der Waals surface area contributed by atoms with Crippen molar-refractivity contribution in [1.29, 1.82) is 0 Å². The van der Waals surface area contributed by atoms with Gasteiger partial charge in [-0.05, 0) is 31.2 Å². The number of nitrogens with two attached hydrogens (primary N) is 1. The van der Waals surface area contributed by atoms with E-state index in [1.165, 1.54) is 11.3 Å². The summed E-state index contributed by atoms with van der Waals surface area (Å²) in [5.74, 6) is 1.43. The standard InChI is InChI=1S/C11H11N5OS/c1-7-15-16-10(13-14-11(16)18-7)6-17-9-4-2-8(12)3-5-9/h2-5H,6,12H2,1H3. The number of nitrogens with zero attached hydrogens (tertiary/aromatic N) is 4. The quantitative estimate of drug-likeness (QED) is 0.725. The highest BCUT2D eigenvalue weighted by Gasteiger charge is 2.10. The number of anilines is 1. The zero-order chi connectivity index (χ0) is 12.5. The van der Waals surface area contributed by atoms with Gasteiger partial charge in [0.25, 0.3) is 0 Å². The second-order valence-corrected chi connectivity index (χ2v) is 4.95. The van der Waals surface area contributed by atoms with Gasteiger partial charge in [-0.15, -0.1) is 10.2 Å². The molecule has 1 aromatic carbocycles. The van der Waals surface area contributed by atoms with E-state index in [0.29, 0.717) is 18.1 Å². The molecule has 0 saturated carbocycles. The first kappa shape index (κ1) is 11.0. The van der Waals surface area contributed by atoms with Crippen LogP contribution in [0.25, 0.3) is 4.96 Å². The number of aryl methyl sites for hydroxylation is 1. The molecule has 0 amide bonds. The molecule has 2 aromatic heterocycles. The zero-order valence-corrected chi connectivity index (χ0v) is 10.5. The Labute approximate surface area is 107 Å². The molecule has 92 valence electrons. The molecule has 0 aliphatic heterocycles. The molecule has 0 saturated heterocycles. The summed E-state index contributed by atoms with van der Waals surface area (Å²) < 4.78 is 7.31. The Hall–Kier alpha value is -2.15. The second kappa shape index (κ2) is 4.26. The summed E-state index contributed by atoms with van der Waals surface area (Å²) >= 11 is 1.50. The molecule has 0 bridgehead atoms. The summed E-state index contributed by atoms with van der Waals surface area (Å²) in [5.41, 5.74) is 6.31. The Morgan fingerprint density at radius 2 is 2.06 bits per heavy atom. The molecule has 0 aliphatic rings. The van der Waals surface area contributed by atoms with Crippen molar-refractivity contribution in [1.82, 2.24) is 19.8 Å². The first-order valence-corrected chi connectivity index (χ1v) is 6.20. The molecule has 3 rings (SSSR count). The average Bonchev–Trinajstić information content (AvgIpc) is 2.88. The first-order valence-electron chi connectivity index (χ1n) is 5.38. The van der Waals surface area contributed by atoms with E-state index in [2.05, 4.69) is 15.3 Å². The Morgan fingerprint density at radius 3 is 2.83 bits per heavy atom. The van der Waals surface area contributed by atoms with Crippen molar-refractivity contribution in [2.24, 2.45) is 0 Å². The van der Waals surface area contributed by atoms with Crippen LogP contribution < -0.4 is 10.5 Å². The van der Waals surface area contributed by atoms with Gasteiger partial charge in [-0.3, -0.25) is 0 Å². The minimum Gasteiger partial charge on any atom is -0.486 e. The third kappa shape index (κ3) is 2.00. The number of hydrogen-bond acceptors (Lipinski definition) is 6. The predicted molar refractivity (Wildman–Crippen MR) is 68.6 cm³/mol. The van der Waals surface area contributed by atoms with Gasteiger partial charge in [0, 0.05) is 5.69 Å². The van der Waals surface area contributed by atoms with Gasteiger partial charge in [-0.25, -0.2) is 0 Å². The smallest absolute Gasteiger partial charge is 0.234 e. The lowest BCUT2D eigenvalue weighted by Gasteiger charge is -2.03. The van der Waals surface area contributed by atoms with Gasteiger partial charge >= 0.3 is 0 Å². The van der Waals surface area contributed by atoms with Crippen LogP contribution in [0.1, 0.15) is 10.8 Å². The van der Waals surface area contributed by atoms with Crippen LogP contribution in [0.15, 0.2) is 24.3 Å². The molecular formula is C11H11N5OS. The summed E-state index contributed by atoms with van der Waals surface area (Å²) in [4.78, 5) is 0.781. The topological polar surface area (TPSA) is 78.3 Å². The summed E-state index contributed by atoms with van der Waals surface area (Å²) in [6.07, 6.45) is 0. The lowest BCUT2D eigenvalue weighted by Crippen LogP contribution is -2.02. The van der Waals surface area contributed by atoms with Crippen LogP contribution >= 0.6 is 11.3 Å². The van der Waals surface area contributed by atoms with Gasteiger partial charge in [-0.2, -0.15) is 9.61 Å². The molecule has 0 fully saturated rings. The summed E-state index contributed by atoms with van der Waals surface area (Å²) in [5, 5.41) is 13.3. The van der Waals surface area contributed by atoms with Gasteiger partial charge in [0.15, 0.2) is 5.82 Å². The van der Waals surface area contributed by atoms with E-state index in [0.717, 1.165) is 15.7 Å². The summed E-state index contributed by atoms with van der Waals surface area (Å²) in [6, 6.07) is 7.23. The van der Waals surface area contributed by atoms with Gasteiger partial charge in [-0.1, -0.05) is 11.3 Å². The Balaban J connectivity index is 1.78. The third-order valence-corrected chi connectivity index (χ3v) is 3.22. The molecule has 0 spiro atoms. The number of fused-ring (bicyclic) bond motifs is 1. The highest BCUT2D eigenvalue weighted by atomic mass is 32.1. The molecule has 18 heavy (non-hydrogen) atoms. The second-order valence-electron chi connectivity index (χ2n) is 3.79. The van der Waals surface area contributed by atoms with Crippen molar-refractivity contribution in [2.75, 3.05) is 5.73 Å². The number of benzene rings is 1. The minimum atomic E-state index is 0.328. The number of hydrogen-bond donors (Lipinski definition) is 1. The van der Waals surface area contributed by atoms with Crippen molar-refractivity contribution in [3.63, 3.8) is 0 Å². The molecule has 0 aliphatic carbocycles. The normalized spacial score (nSPS) is 10.9. The number of nitrogen functional groups attached to an aromatic ring is 1. The van der Waals surface area contributed by atoms with Crippen molar-refractivity contribution >= 4 is 22.0 Å². The summed E-state index contributed by atoms with van der Waals surface area (Å²) in [7, 11) is 0. The van der Waals surface area contributed by atoms with Crippen LogP contribution in [0, 0.1) is 6.92 Å². The maximum Gasteiger partial charge on any atom is 0.234 e. The van der Waals surface area contributed by atoms with Crippen LogP contribution in [0.3, 0.4) is 0 Å². The van der Waals surface area contributed by atoms with Crippen LogP contribution in [-0.4, -0.2) is 19.8 Å². The fraction of sp³-hybridized carbons (Fsp3) is 0.182. The minimum absolute atomic E-state index is 0.328. The molecule has 2 heterocycles. The van der Waals surface area contributed by atoms with Crippen molar-refractivity contribution in [3.05, 3.63) is 35.1 Å². The Morgan fingerprint density at radius 1 is 1.28 bits per heavy atom. The number of aromatic nitrogens is 4. The largest absolute Gasteiger partial charge is 0.486 e. The fourth-order valence-electron chi connectivity index (χ4n) is 1.56. The van der Waals surface area contributed by atoms with E-state index in [-0.39, 0.29) is 0 Å². The highest BCUT2D eigenvalue weighted by molar-refractivity contribution is 7.16. The van der Waals surface area contributed by atoms with Crippen molar-refractivity contribution in [2.45, 2.75) is 13.5 Å². The van der Waals surface area contributed by atoms with Crippen molar-refractivity contribution < 1.29 is 4.74 Å². The van der Waals surface area contributed by atoms with Crippen molar-refractivity contribution in [3.8, 4) is 5.75 Å². The van der Waals surface area contributed by atoms with Crippen LogP contribution in [0.4, 0.5) is 5.69 Å². The Kier molecular flexibility index (Phi) is 2.60. The first-order chi connectivity index (χ1) is 8.72. The van der Waals surface area contributed by atoms with E-state index in [9.17, 15) is 0 Å². The molecule has 2 N–H and O–H groups in total. The maximum atomic E-state index is 5.61. The van der Waals surface area contributed by atoms with Gasteiger partial charge in [0.1, 0.15) is 17.4 Å². The molecule has 6 nitrogen and oxygen atoms in total. The van der Waals surface area contributed by atoms with Crippen LogP contribution in [0.2, 0.25) is 0 Å². The fourth-order valence-corrected chi connectivity index (χ4v) is 2.26. The molecule has 0 unspecified atom stereocenters. The summed E-state index contributed by atoms with van der Waals surface area (Å²) in [6.45, 7) is 2.26. The average molecular weight is 261 g/mol. The molecule has 0 atom stereocenters. The molecule has 0 radical (unpaired) electrons. The number of rotatable bonds is 3. The monoisotopic (exact) mass is 261 g/mol. The lowest BCUT2D eigenvalue weighted by molar-refractivity contribution is 0.292. The highest BCUT2D eigenvalue weighted by Crippen LogP contribution is 2.16. The maximum absolute atomic E-state index is 5.61. The third-order valence-electron chi connectivity index (χ3n) is 2.40. The van der Waals surface area contributed by atoms with E-state index >= 15 is 0 Å². The number of ether oxygens (including phenoxy) is 1. The molecule has 7 heteroatoms. The molecular weight excluding hydrogens is 250 g/mol. The van der Waals surface area contributed by atoms with E-state index < -0.39 is 0 Å². The zero-order valence-electron chi connectivity index (χ0n) is 9.70. The van der Waals surface area contributed by atoms with Crippen LogP contribution in [-0.2, 0) is 6.61 Å². The van der Waals surface area contributed by atoms with E-state index in [4.69, 9.17) is 10.5 Å². The van der Waals surface area contributed by atoms with Gasteiger partial charge < -0.3 is 10.5 Å².